The van der Waals surface area contributed by atoms with E-state index in [1.54, 1.807) is 24.0 Å². The first-order chi connectivity index (χ1) is 14.1. The van der Waals surface area contributed by atoms with Gasteiger partial charge in [-0.1, -0.05) is 23.4 Å². The third kappa shape index (κ3) is 4.18. The molecular formula is C20H21N5O4. The molecule has 0 saturated carbocycles. The number of carbonyl (C=O) groups excluding carboxylic acids is 1. The van der Waals surface area contributed by atoms with Gasteiger partial charge in [0.1, 0.15) is 23.2 Å². The van der Waals surface area contributed by atoms with Crippen molar-refractivity contribution in [3.8, 4) is 17.1 Å². The molecule has 1 atom stereocenters. The van der Waals surface area contributed by atoms with E-state index in [0.29, 0.717) is 30.4 Å². The van der Waals surface area contributed by atoms with Gasteiger partial charge in [-0.25, -0.2) is 4.98 Å². The molecule has 1 saturated heterocycles. The third-order valence-corrected chi connectivity index (χ3v) is 4.82. The van der Waals surface area contributed by atoms with Gasteiger partial charge in [0.25, 0.3) is 11.5 Å². The number of para-hydroxylation sites is 1. The van der Waals surface area contributed by atoms with Gasteiger partial charge in [-0.3, -0.25) is 9.59 Å². The van der Waals surface area contributed by atoms with Crippen LogP contribution in [0.4, 0.5) is 0 Å². The molecule has 1 amide bonds. The van der Waals surface area contributed by atoms with E-state index in [4.69, 9.17) is 9.26 Å². The van der Waals surface area contributed by atoms with Crippen LogP contribution >= 0.6 is 0 Å². The standard InChI is InChI=1S/C20H21N5O4/c1-13-21-11-15(19(27)22-13)18-23-20(29-24-18)16-9-5-6-10-25(16)17(26)12-28-14-7-3-2-4-8-14/h2-4,7-8,11,16H,5-6,9-10,12H2,1H3,(H,21,22,27)/t16-/m1/s1. The summed E-state index contributed by atoms with van der Waals surface area (Å²) in [5, 5.41) is 3.92. The van der Waals surface area contributed by atoms with Gasteiger partial charge < -0.3 is 19.1 Å². The van der Waals surface area contributed by atoms with Crippen LogP contribution in [-0.2, 0) is 4.79 Å². The zero-order chi connectivity index (χ0) is 20.2. The van der Waals surface area contributed by atoms with Gasteiger partial charge in [0.05, 0.1) is 0 Å². The lowest BCUT2D eigenvalue weighted by Crippen LogP contribution is -2.41. The van der Waals surface area contributed by atoms with E-state index in [9.17, 15) is 9.59 Å². The highest BCUT2D eigenvalue weighted by Gasteiger charge is 2.32. The Labute approximate surface area is 166 Å². The SMILES string of the molecule is Cc1ncc(-c2noc([C@H]3CCCCN3C(=O)COc3ccccc3)n2)c(=O)[nH]1. The molecule has 9 heteroatoms. The molecule has 1 aromatic carbocycles. The Kier molecular flexibility index (Phi) is 5.37. The molecule has 2 aromatic heterocycles. The molecular weight excluding hydrogens is 374 g/mol. The number of carbonyl (C=O) groups is 1. The van der Waals surface area contributed by atoms with Crippen LogP contribution in [0.3, 0.4) is 0 Å². The Morgan fingerprint density at radius 2 is 2.14 bits per heavy atom. The quantitative estimate of drug-likeness (QED) is 0.705. The van der Waals surface area contributed by atoms with Crippen LogP contribution in [0.15, 0.2) is 45.8 Å². The lowest BCUT2D eigenvalue weighted by Gasteiger charge is -2.33. The van der Waals surface area contributed by atoms with Crippen molar-refractivity contribution < 1.29 is 14.1 Å². The van der Waals surface area contributed by atoms with Crippen molar-refractivity contribution in [2.24, 2.45) is 0 Å². The first-order valence-corrected chi connectivity index (χ1v) is 9.49. The minimum Gasteiger partial charge on any atom is -0.484 e. The number of aromatic amines is 1. The lowest BCUT2D eigenvalue weighted by molar-refractivity contribution is -0.138. The van der Waals surface area contributed by atoms with Crippen LogP contribution in [0.2, 0.25) is 0 Å². The molecule has 9 nitrogen and oxygen atoms in total. The average Bonchev–Trinajstić information content (AvgIpc) is 3.22. The van der Waals surface area contributed by atoms with Crippen LogP contribution < -0.4 is 10.3 Å². The molecule has 1 fully saturated rings. The van der Waals surface area contributed by atoms with E-state index in [2.05, 4.69) is 20.1 Å². The van der Waals surface area contributed by atoms with E-state index < -0.39 is 0 Å². The summed E-state index contributed by atoms with van der Waals surface area (Å²) in [4.78, 5) is 37.7. The highest BCUT2D eigenvalue weighted by atomic mass is 16.5. The number of likely N-dealkylation sites (tertiary alicyclic amines) is 1. The Hall–Kier alpha value is -3.49. The van der Waals surface area contributed by atoms with Gasteiger partial charge >= 0.3 is 0 Å². The summed E-state index contributed by atoms with van der Waals surface area (Å²) in [5.74, 6) is 1.47. The number of ether oxygens (including phenoxy) is 1. The van der Waals surface area contributed by atoms with Crippen molar-refractivity contribution >= 4 is 5.91 Å². The molecule has 0 bridgehead atoms. The van der Waals surface area contributed by atoms with E-state index in [1.165, 1.54) is 6.20 Å². The zero-order valence-corrected chi connectivity index (χ0v) is 16.0. The fourth-order valence-electron chi connectivity index (χ4n) is 3.35. The highest BCUT2D eigenvalue weighted by Crippen LogP contribution is 2.31. The number of rotatable bonds is 5. The number of aryl methyl sites for hydroxylation is 1. The summed E-state index contributed by atoms with van der Waals surface area (Å²) in [7, 11) is 0. The molecule has 0 aliphatic carbocycles. The van der Waals surface area contributed by atoms with Gasteiger partial charge in [0.2, 0.25) is 11.7 Å². The average molecular weight is 395 g/mol. The normalized spacial score (nSPS) is 16.6. The second kappa shape index (κ2) is 8.26. The van der Waals surface area contributed by atoms with Crippen molar-refractivity contribution in [3.63, 3.8) is 0 Å². The monoisotopic (exact) mass is 395 g/mol. The molecule has 150 valence electrons. The molecule has 0 unspecified atom stereocenters. The van der Waals surface area contributed by atoms with Crippen LogP contribution in [0.5, 0.6) is 5.75 Å². The molecule has 29 heavy (non-hydrogen) atoms. The summed E-state index contributed by atoms with van der Waals surface area (Å²) in [5.41, 5.74) is -0.107. The molecule has 4 rings (SSSR count). The Bertz CT molecular complexity index is 1050. The minimum absolute atomic E-state index is 0.0664. The minimum atomic E-state index is -0.339. The molecule has 0 spiro atoms. The largest absolute Gasteiger partial charge is 0.484 e. The van der Waals surface area contributed by atoms with Gasteiger partial charge in [-0.05, 0) is 38.3 Å². The molecule has 1 aliphatic rings. The van der Waals surface area contributed by atoms with E-state index >= 15 is 0 Å². The number of nitrogens with zero attached hydrogens (tertiary/aromatic N) is 4. The van der Waals surface area contributed by atoms with E-state index in [-0.39, 0.29) is 35.5 Å². The molecule has 1 aliphatic heterocycles. The number of H-pyrrole nitrogens is 1. The Morgan fingerprint density at radius 1 is 1.31 bits per heavy atom. The maximum atomic E-state index is 12.8. The maximum Gasteiger partial charge on any atom is 0.262 e. The van der Waals surface area contributed by atoms with Gasteiger partial charge in [-0.15, -0.1) is 0 Å². The number of benzene rings is 1. The van der Waals surface area contributed by atoms with Gasteiger partial charge in [0, 0.05) is 12.7 Å². The summed E-state index contributed by atoms with van der Waals surface area (Å²) in [6, 6.07) is 8.86. The van der Waals surface area contributed by atoms with Crippen LogP contribution in [0.1, 0.15) is 37.0 Å². The number of amides is 1. The maximum absolute atomic E-state index is 12.8. The van der Waals surface area contributed by atoms with Crippen molar-refractivity contribution in [3.05, 3.63) is 58.6 Å². The predicted octanol–water partition coefficient (Wildman–Crippen LogP) is 2.26. The fraction of sp³-hybridized carbons (Fsp3) is 0.350. The smallest absolute Gasteiger partial charge is 0.262 e. The summed E-state index contributed by atoms with van der Waals surface area (Å²) >= 11 is 0. The van der Waals surface area contributed by atoms with Gasteiger partial charge in [-0.2, -0.15) is 4.98 Å². The topological polar surface area (TPSA) is 114 Å². The van der Waals surface area contributed by atoms with Crippen molar-refractivity contribution in [1.82, 2.24) is 25.0 Å². The van der Waals surface area contributed by atoms with Gasteiger partial charge in [0.15, 0.2) is 6.61 Å². The summed E-state index contributed by atoms with van der Waals surface area (Å²) < 4.78 is 11.0. The number of nitrogens with one attached hydrogen (secondary N) is 1. The molecule has 3 aromatic rings. The van der Waals surface area contributed by atoms with Crippen LogP contribution in [0.25, 0.3) is 11.4 Å². The second-order valence-corrected chi connectivity index (χ2v) is 6.87. The third-order valence-electron chi connectivity index (χ3n) is 4.82. The van der Waals surface area contributed by atoms with Crippen molar-refractivity contribution in [2.45, 2.75) is 32.2 Å². The van der Waals surface area contributed by atoms with Crippen LogP contribution in [-0.4, -0.2) is 44.1 Å². The van der Waals surface area contributed by atoms with Crippen LogP contribution in [0, 0.1) is 6.92 Å². The lowest BCUT2D eigenvalue weighted by atomic mass is 10.0. The van der Waals surface area contributed by atoms with Crippen molar-refractivity contribution in [2.75, 3.05) is 13.2 Å². The van der Waals surface area contributed by atoms with E-state index in [0.717, 1.165) is 12.8 Å². The molecule has 1 N–H and O–H groups in total. The first-order valence-electron chi connectivity index (χ1n) is 9.49. The Balaban J connectivity index is 1.51. The molecule has 3 heterocycles. The summed E-state index contributed by atoms with van der Waals surface area (Å²) in [6.45, 7) is 2.21. The number of piperidine rings is 1. The zero-order valence-electron chi connectivity index (χ0n) is 16.0. The second-order valence-electron chi connectivity index (χ2n) is 6.87. The first kappa shape index (κ1) is 18.9. The Morgan fingerprint density at radius 3 is 2.93 bits per heavy atom. The van der Waals surface area contributed by atoms with E-state index in [1.807, 2.05) is 18.2 Å². The highest BCUT2D eigenvalue weighted by molar-refractivity contribution is 5.78. The number of aromatic nitrogens is 4. The predicted molar refractivity (Wildman–Crippen MR) is 103 cm³/mol. The summed E-state index contributed by atoms with van der Waals surface area (Å²) in [6.07, 6.45) is 3.97. The van der Waals surface area contributed by atoms with Crippen molar-refractivity contribution in [1.29, 1.82) is 0 Å². The number of hydrogen-bond acceptors (Lipinski definition) is 7. The molecule has 0 radical (unpaired) electrons. The fourth-order valence-corrected chi connectivity index (χ4v) is 3.35. The number of hydrogen-bond donors (Lipinski definition) is 1.